The summed E-state index contributed by atoms with van der Waals surface area (Å²) >= 11 is 0. The van der Waals surface area contributed by atoms with Crippen molar-refractivity contribution in [2.24, 2.45) is 0 Å². The first-order valence-corrected chi connectivity index (χ1v) is 11.2. The molecule has 2 aliphatic rings. The lowest BCUT2D eigenvalue weighted by atomic mass is 10.2. The molecule has 1 aromatic heterocycles. The summed E-state index contributed by atoms with van der Waals surface area (Å²) in [5.41, 5.74) is 6.81. The van der Waals surface area contributed by atoms with Gasteiger partial charge < -0.3 is 20.3 Å². The van der Waals surface area contributed by atoms with Crippen LogP contribution in [0, 0.1) is 0 Å². The van der Waals surface area contributed by atoms with Crippen LogP contribution in [0.5, 0.6) is 6.01 Å². The Hall–Kier alpha value is -1.93. The fraction of sp³-hybridized carbons (Fsp3) is 0.762. The van der Waals surface area contributed by atoms with Crippen molar-refractivity contribution in [1.82, 2.24) is 19.8 Å². The summed E-state index contributed by atoms with van der Waals surface area (Å²) in [5, 5.41) is 0. The number of hydrogen-bond acceptors (Lipinski definition) is 7. The van der Waals surface area contributed by atoms with E-state index in [4.69, 9.17) is 10.5 Å². The minimum absolute atomic E-state index is 0.0555. The van der Waals surface area contributed by atoms with Crippen molar-refractivity contribution in [1.29, 1.82) is 0 Å². The average Bonchev–Trinajstić information content (AvgIpc) is 3.03. The number of ether oxygens (including phenoxy) is 1. The molecule has 0 saturated carbocycles. The summed E-state index contributed by atoms with van der Waals surface area (Å²) in [5.74, 6) is 1.06. The van der Waals surface area contributed by atoms with E-state index in [1.165, 1.54) is 26.1 Å². The molecule has 3 heterocycles. The molecule has 1 aromatic rings. The van der Waals surface area contributed by atoms with Crippen molar-refractivity contribution in [2.75, 3.05) is 63.1 Å². The summed E-state index contributed by atoms with van der Waals surface area (Å²) < 4.78 is 5.62. The summed E-state index contributed by atoms with van der Waals surface area (Å²) in [4.78, 5) is 28.0. The molecular weight excluding hydrogens is 368 g/mol. The summed E-state index contributed by atoms with van der Waals surface area (Å²) in [6.07, 6.45) is 5.53. The first kappa shape index (κ1) is 21.8. The number of hydrogen-bond donors (Lipinski definition) is 1. The molecule has 162 valence electrons. The van der Waals surface area contributed by atoms with Crippen LogP contribution in [-0.4, -0.2) is 78.1 Å². The van der Waals surface area contributed by atoms with E-state index in [9.17, 15) is 4.79 Å². The molecule has 0 radical (unpaired) electrons. The van der Waals surface area contributed by atoms with Gasteiger partial charge in [-0.1, -0.05) is 20.3 Å². The van der Waals surface area contributed by atoms with E-state index in [0.717, 1.165) is 50.9 Å². The highest BCUT2D eigenvalue weighted by atomic mass is 16.5. The van der Waals surface area contributed by atoms with Gasteiger partial charge in [-0.05, 0) is 38.8 Å². The standard InChI is InChI=1S/C21H36N6O2/c1-3-5-15-29-21-23-19(22)17-16-18(28)27(20(17)24-21)10-7-6-9-26-13-11-25(8-4-2)12-14-26/h3-16H2,1-2H3,(H2,22,23,24). The molecular formula is C21H36N6O2. The lowest BCUT2D eigenvalue weighted by Gasteiger charge is -2.34. The Morgan fingerprint density at radius 3 is 2.31 bits per heavy atom. The molecule has 0 bridgehead atoms. The van der Waals surface area contributed by atoms with Gasteiger partial charge in [0.05, 0.1) is 13.0 Å². The van der Waals surface area contributed by atoms with Gasteiger partial charge in [-0.15, -0.1) is 0 Å². The number of piperazine rings is 1. The highest BCUT2D eigenvalue weighted by molar-refractivity contribution is 6.01. The molecule has 0 spiro atoms. The second-order valence-electron chi connectivity index (χ2n) is 8.01. The molecule has 3 rings (SSSR count). The number of nitrogens with zero attached hydrogens (tertiary/aromatic N) is 5. The second-order valence-corrected chi connectivity index (χ2v) is 8.01. The number of fused-ring (bicyclic) bond motifs is 1. The predicted molar refractivity (Wildman–Crippen MR) is 115 cm³/mol. The Bertz CT molecular complexity index is 675. The fourth-order valence-corrected chi connectivity index (χ4v) is 3.99. The van der Waals surface area contributed by atoms with Crippen LogP contribution in [0.25, 0.3) is 0 Å². The number of nitrogens with two attached hydrogens (primary N) is 1. The van der Waals surface area contributed by atoms with Crippen LogP contribution >= 0.6 is 0 Å². The smallest absolute Gasteiger partial charge is 0.320 e. The zero-order chi connectivity index (χ0) is 20.6. The second kappa shape index (κ2) is 10.7. The molecule has 8 nitrogen and oxygen atoms in total. The molecule has 8 heteroatoms. The zero-order valence-electron chi connectivity index (χ0n) is 18.0. The van der Waals surface area contributed by atoms with E-state index in [0.29, 0.717) is 24.8 Å². The van der Waals surface area contributed by atoms with Gasteiger partial charge in [-0.2, -0.15) is 9.97 Å². The normalized spacial score (nSPS) is 17.7. The molecule has 0 unspecified atom stereocenters. The number of aromatic nitrogens is 2. The number of unbranched alkanes of at least 4 members (excludes halogenated alkanes) is 2. The van der Waals surface area contributed by atoms with Crippen molar-refractivity contribution in [3.05, 3.63) is 5.56 Å². The largest absolute Gasteiger partial charge is 0.463 e. The van der Waals surface area contributed by atoms with Crippen molar-refractivity contribution in [3.8, 4) is 6.01 Å². The number of rotatable bonds is 11. The van der Waals surface area contributed by atoms with Crippen molar-refractivity contribution in [2.45, 2.75) is 52.4 Å². The Morgan fingerprint density at radius 2 is 1.62 bits per heavy atom. The Balaban J connectivity index is 1.48. The number of anilines is 2. The summed E-state index contributed by atoms with van der Waals surface area (Å²) in [6, 6.07) is 0.277. The molecule has 1 amide bonds. The average molecular weight is 405 g/mol. The Kier molecular flexibility index (Phi) is 8.06. The third-order valence-electron chi connectivity index (χ3n) is 5.72. The molecule has 0 aromatic carbocycles. The molecule has 0 aliphatic carbocycles. The predicted octanol–water partition coefficient (Wildman–Crippen LogP) is 1.93. The van der Waals surface area contributed by atoms with Gasteiger partial charge in [-0.3, -0.25) is 9.69 Å². The minimum Gasteiger partial charge on any atom is -0.463 e. The number of carbonyl (C=O) groups excluding carboxylic acids is 1. The van der Waals surface area contributed by atoms with Crippen LogP contribution < -0.4 is 15.4 Å². The van der Waals surface area contributed by atoms with Gasteiger partial charge in [0.25, 0.3) is 0 Å². The van der Waals surface area contributed by atoms with E-state index in [2.05, 4.69) is 33.6 Å². The molecule has 1 fully saturated rings. The van der Waals surface area contributed by atoms with Crippen LogP contribution in [-0.2, 0) is 11.2 Å². The Labute approximate surface area is 174 Å². The summed E-state index contributed by atoms with van der Waals surface area (Å²) in [6.45, 7) is 12.5. The van der Waals surface area contributed by atoms with E-state index in [-0.39, 0.29) is 18.3 Å². The third-order valence-corrected chi connectivity index (χ3v) is 5.72. The third kappa shape index (κ3) is 5.79. The van der Waals surface area contributed by atoms with Gasteiger partial charge >= 0.3 is 6.01 Å². The van der Waals surface area contributed by atoms with Crippen LogP contribution in [0.2, 0.25) is 0 Å². The topological polar surface area (TPSA) is 87.8 Å². The fourth-order valence-electron chi connectivity index (χ4n) is 3.99. The van der Waals surface area contributed by atoms with E-state index >= 15 is 0 Å². The van der Waals surface area contributed by atoms with Gasteiger partial charge in [0.1, 0.15) is 11.6 Å². The molecule has 2 aliphatic heterocycles. The quantitative estimate of drug-likeness (QED) is 0.564. The highest BCUT2D eigenvalue weighted by Crippen LogP contribution is 2.32. The van der Waals surface area contributed by atoms with Crippen molar-refractivity contribution in [3.63, 3.8) is 0 Å². The van der Waals surface area contributed by atoms with Crippen LogP contribution in [0.15, 0.2) is 0 Å². The first-order valence-electron chi connectivity index (χ1n) is 11.2. The van der Waals surface area contributed by atoms with Crippen molar-refractivity contribution < 1.29 is 9.53 Å². The van der Waals surface area contributed by atoms with Crippen LogP contribution in [0.3, 0.4) is 0 Å². The van der Waals surface area contributed by atoms with Crippen LogP contribution in [0.4, 0.5) is 11.6 Å². The van der Waals surface area contributed by atoms with Gasteiger partial charge in [0.2, 0.25) is 5.91 Å². The first-order chi connectivity index (χ1) is 14.1. The lowest BCUT2D eigenvalue weighted by molar-refractivity contribution is -0.117. The van der Waals surface area contributed by atoms with Gasteiger partial charge in [0, 0.05) is 38.3 Å². The lowest BCUT2D eigenvalue weighted by Crippen LogP contribution is -2.46. The van der Waals surface area contributed by atoms with Gasteiger partial charge in [-0.25, -0.2) is 0 Å². The number of amides is 1. The highest BCUT2D eigenvalue weighted by Gasteiger charge is 2.31. The van der Waals surface area contributed by atoms with Gasteiger partial charge in [0.15, 0.2) is 0 Å². The zero-order valence-corrected chi connectivity index (χ0v) is 18.0. The van der Waals surface area contributed by atoms with Crippen molar-refractivity contribution >= 4 is 17.5 Å². The minimum atomic E-state index is 0.0555. The molecule has 1 saturated heterocycles. The number of nitrogen functional groups attached to an aromatic ring is 1. The SMILES string of the molecule is CCCCOc1nc(N)c2c(n1)N(CCCCN1CCN(CCC)CC1)C(=O)C2. The Morgan fingerprint density at radius 1 is 0.931 bits per heavy atom. The number of carbonyl (C=O) groups is 1. The van der Waals surface area contributed by atoms with E-state index in [1.807, 2.05) is 0 Å². The maximum atomic E-state index is 12.5. The molecule has 29 heavy (non-hydrogen) atoms. The van der Waals surface area contributed by atoms with E-state index in [1.54, 1.807) is 4.90 Å². The molecule has 0 atom stereocenters. The maximum absolute atomic E-state index is 12.5. The molecule has 2 N–H and O–H groups in total. The van der Waals surface area contributed by atoms with Crippen LogP contribution in [0.1, 0.15) is 51.5 Å². The van der Waals surface area contributed by atoms with E-state index < -0.39 is 0 Å². The maximum Gasteiger partial charge on any atom is 0.320 e. The summed E-state index contributed by atoms with van der Waals surface area (Å²) in [7, 11) is 0. The monoisotopic (exact) mass is 404 g/mol.